The highest BCUT2D eigenvalue weighted by Crippen LogP contribution is 2.14. The van der Waals surface area contributed by atoms with Crippen molar-refractivity contribution in [2.45, 2.75) is 18.9 Å². The van der Waals surface area contributed by atoms with E-state index in [1.54, 1.807) is 6.26 Å². The van der Waals surface area contributed by atoms with Gasteiger partial charge in [-0.3, -0.25) is 4.79 Å². The molecule has 1 unspecified atom stereocenters. The predicted octanol–water partition coefficient (Wildman–Crippen LogP) is 1.43. The zero-order chi connectivity index (χ0) is 7.40. The second-order valence-corrected chi connectivity index (χ2v) is 2.27. The van der Waals surface area contributed by atoms with Crippen LogP contribution in [0.4, 0.5) is 0 Å². The van der Waals surface area contributed by atoms with E-state index >= 15 is 0 Å². The highest BCUT2D eigenvalue weighted by Gasteiger charge is 2.13. The first-order valence-corrected chi connectivity index (χ1v) is 3.29. The third kappa shape index (κ3) is 1.47. The van der Waals surface area contributed by atoms with Crippen LogP contribution in [0.25, 0.3) is 0 Å². The van der Waals surface area contributed by atoms with Crippen LogP contribution in [0.5, 0.6) is 0 Å². The van der Waals surface area contributed by atoms with E-state index in [9.17, 15) is 4.79 Å². The van der Waals surface area contributed by atoms with Crippen molar-refractivity contribution in [3.8, 4) is 0 Å². The molecule has 0 amide bonds. The van der Waals surface area contributed by atoms with Crippen LogP contribution in [-0.4, -0.2) is 12.4 Å². The van der Waals surface area contributed by atoms with Crippen LogP contribution in [0.1, 0.15) is 12.8 Å². The van der Waals surface area contributed by atoms with Crippen LogP contribution in [0.15, 0.2) is 24.5 Å². The number of carbonyl (C=O) groups is 1. The molecular formula is C8H10O2. The van der Waals surface area contributed by atoms with Crippen LogP contribution in [0.3, 0.4) is 0 Å². The molecule has 0 bridgehead atoms. The SMILES string of the molecule is C=C(C=O)C1CCC=CO1. The first-order valence-electron chi connectivity index (χ1n) is 3.29. The summed E-state index contributed by atoms with van der Waals surface area (Å²) < 4.78 is 5.12. The van der Waals surface area contributed by atoms with Gasteiger partial charge in [0.15, 0.2) is 0 Å². The van der Waals surface area contributed by atoms with Gasteiger partial charge in [-0.1, -0.05) is 6.58 Å². The van der Waals surface area contributed by atoms with Gasteiger partial charge >= 0.3 is 0 Å². The van der Waals surface area contributed by atoms with E-state index in [0.717, 1.165) is 19.1 Å². The minimum absolute atomic E-state index is 0.0810. The summed E-state index contributed by atoms with van der Waals surface area (Å²) in [6.07, 6.45) is 6.08. The molecule has 0 saturated heterocycles. The molecular weight excluding hydrogens is 128 g/mol. The van der Waals surface area contributed by atoms with Crippen LogP contribution >= 0.6 is 0 Å². The monoisotopic (exact) mass is 138 g/mol. The standard InChI is InChI=1S/C8H10O2/c1-7(6-9)8-4-2-3-5-10-8/h3,5-6,8H,1-2,4H2. The lowest BCUT2D eigenvalue weighted by Gasteiger charge is -2.17. The van der Waals surface area contributed by atoms with E-state index in [2.05, 4.69) is 6.58 Å². The molecule has 1 atom stereocenters. The van der Waals surface area contributed by atoms with Crippen LogP contribution < -0.4 is 0 Å². The average molecular weight is 138 g/mol. The Labute approximate surface area is 60.2 Å². The van der Waals surface area contributed by atoms with Crippen LogP contribution in [0, 0.1) is 0 Å². The van der Waals surface area contributed by atoms with Gasteiger partial charge < -0.3 is 4.74 Å². The molecule has 1 rings (SSSR count). The number of allylic oxidation sites excluding steroid dienone is 1. The maximum Gasteiger partial charge on any atom is 0.149 e. The quantitative estimate of drug-likeness (QED) is 0.426. The average Bonchev–Trinajstić information content (AvgIpc) is 2.05. The Balaban J connectivity index is 2.49. The fourth-order valence-electron chi connectivity index (χ4n) is 0.883. The molecule has 54 valence electrons. The van der Waals surface area contributed by atoms with Gasteiger partial charge in [0.1, 0.15) is 12.4 Å². The van der Waals surface area contributed by atoms with Gasteiger partial charge in [-0.2, -0.15) is 0 Å². The van der Waals surface area contributed by atoms with Crippen molar-refractivity contribution in [1.82, 2.24) is 0 Å². The number of rotatable bonds is 2. The minimum atomic E-state index is -0.0810. The molecule has 0 aromatic carbocycles. The summed E-state index contributed by atoms with van der Waals surface area (Å²) in [6.45, 7) is 3.57. The molecule has 1 heterocycles. The number of ether oxygens (including phenoxy) is 1. The van der Waals surface area contributed by atoms with Crippen LogP contribution in [-0.2, 0) is 9.53 Å². The summed E-state index contributed by atoms with van der Waals surface area (Å²) >= 11 is 0. The Morgan fingerprint density at radius 3 is 3.10 bits per heavy atom. The molecule has 0 N–H and O–H groups in total. The Morgan fingerprint density at radius 1 is 1.80 bits per heavy atom. The van der Waals surface area contributed by atoms with E-state index < -0.39 is 0 Å². The van der Waals surface area contributed by atoms with E-state index in [1.165, 1.54) is 0 Å². The Hall–Kier alpha value is -1.05. The van der Waals surface area contributed by atoms with Crippen molar-refractivity contribution in [3.05, 3.63) is 24.5 Å². The molecule has 0 aromatic rings. The number of aldehydes is 1. The maximum atomic E-state index is 10.2. The number of hydrogen-bond acceptors (Lipinski definition) is 2. The highest BCUT2D eigenvalue weighted by atomic mass is 16.5. The minimum Gasteiger partial charge on any atom is -0.494 e. The van der Waals surface area contributed by atoms with Gasteiger partial charge in [0.05, 0.1) is 6.26 Å². The third-order valence-electron chi connectivity index (χ3n) is 1.50. The molecule has 0 radical (unpaired) electrons. The molecule has 1 aliphatic rings. The predicted molar refractivity (Wildman–Crippen MR) is 38.5 cm³/mol. The van der Waals surface area contributed by atoms with Crippen molar-refractivity contribution in [1.29, 1.82) is 0 Å². The van der Waals surface area contributed by atoms with Crippen molar-refractivity contribution in [3.63, 3.8) is 0 Å². The molecule has 0 saturated carbocycles. The van der Waals surface area contributed by atoms with Gasteiger partial charge in [-0.05, 0) is 18.9 Å². The summed E-state index contributed by atoms with van der Waals surface area (Å²) in [7, 11) is 0. The Kier molecular flexibility index (Phi) is 2.26. The molecule has 0 spiro atoms. The summed E-state index contributed by atoms with van der Waals surface area (Å²) in [5, 5.41) is 0. The summed E-state index contributed by atoms with van der Waals surface area (Å²) in [4.78, 5) is 10.2. The molecule has 2 nitrogen and oxygen atoms in total. The van der Waals surface area contributed by atoms with Gasteiger partial charge in [0.2, 0.25) is 0 Å². The zero-order valence-corrected chi connectivity index (χ0v) is 5.75. The van der Waals surface area contributed by atoms with E-state index in [1.807, 2.05) is 6.08 Å². The van der Waals surface area contributed by atoms with Gasteiger partial charge in [-0.25, -0.2) is 0 Å². The van der Waals surface area contributed by atoms with Gasteiger partial charge in [0, 0.05) is 5.57 Å². The molecule has 1 aliphatic heterocycles. The molecule has 0 aromatic heterocycles. The van der Waals surface area contributed by atoms with Crippen molar-refractivity contribution < 1.29 is 9.53 Å². The van der Waals surface area contributed by atoms with Crippen molar-refractivity contribution in [2.75, 3.05) is 0 Å². The second-order valence-electron chi connectivity index (χ2n) is 2.27. The highest BCUT2D eigenvalue weighted by molar-refractivity contribution is 5.73. The van der Waals surface area contributed by atoms with E-state index in [-0.39, 0.29) is 6.10 Å². The summed E-state index contributed by atoms with van der Waals surface area (Å²) in [6, 6.07) is 0. The third-order valence-corrected chi connectivity index (χ3v) is 1.50. The zero-order valence-electron chi connectivity index (χ0n) is 5.75. The first-order chi connectivity index (χ1) is 4.84. The smallest absolute Gasteiger partial charge is 0.149 e. The second kappa shape index (κ2) is 3.20. The normalized spacial score (nSPS) is 23.4. The van der Waals surface area contributed by atoms with Crippen LogP contribution in [0.2, 0.25) is 0 Å². The van der Waals surface area contributed by atoms with E-state index in [0.29, 0.717) is 5.57 Å². The van der Waals surface area contributed by atoms with E-state index in [4.69, 9.17) is 4.74 Å². The lowest BCUT2D eigenvalue weighted by Crippen LogP contribution is -2.15. The number of carbonyl (C=O) groups excluding carboxylic acids is 1. The molecule has 2 heteroatoms. The first kappa shape index (κ1) is 7.06. The molecule has 0 fully saturated rings. The van der Waals surface area contributed by atoms with Crippen molar-refractivity contribution in [2.24, 2.45) is 0 Å². The van der Waals surface area contributed by atoms with Gasteiger partial charge in [0.25, 0.3) is 0 Å². The largest absolute Gasteiger partial charge is 0.494 e. The number of hydrogen-bond donors (Lipinski definition) is 0. The molecule has 0 aliphatic carbocycles. The summed E-state index contributed by atoms with van der Waals surface area (Å²) in [5.74, 6) is 0. The molecule has 10 heavy (non-hydrogen) atoms. The van der Waals surface area contributed by atoms with Gasteiger partial charge in [-0.15, -0.1) is 0 Å². The summed E-state index contributed by atoms with van der Waals surface area (Å²) in [5.41, 5.74) is 0.532. The lowest BCUT2D eigenvalue weighted by atomic mass is 10.1. The van der Waals surface area contributed by atoms with Crippen molar-refractivity contribution >= 4 is 6.29 Å². The topological polar surface area (TPSA) is 26.3 Å². The lowest BCUT2D eigenvalue weighted by molar-refractivity contribution is -0.105. The maximum absolute atomic E-state index is 10.2. The Morgan fingerprint density at radius 2 is 2.60 bits per heavy atom. The Bertz CT molecular complexity index is 170. The fourth-order valence-corrected chi connectivity index (χ4v) is 0.883. The fraction of sp³-hybridized carbons (Fsp3) is 0.375.